The molecule has 4 nitrogen and oxygen atoms in total. The summed E-state index contributed by atoms with van der Waals surface area (Å²) < 4.78 is 0. The van der Waals surface area contributed by atoms with Gasteiger partial charge in [-0.05, 0) is 29.5 Å². The van der Waals surface area contributed by atoms with Gasteiger partial charge in [0.25, 0.3) is 11.1 Å². The molecule has 0 aliphatic carbocycles. The molecule has 1 aromatic heterocycles. The molecule has 0 bridgehead atoms. The monoisotopic (exact) mass is 206 g/mol. The summed E-state index contributed by atoms with van der Waals surface area (Å²) in [5.74, 6) is -0.344. The minimum atomic E-state index is -0.344. The van der Waals surface area contributed by atoms with E-state index in [1.54, 1.807) is 24.5 Å². The largest absolute Gasteiger partial charge is 0.290 e. The molecule has 1 aliphatic rings. The second kappa shape index (κ2) is 3.63. The number of amides is 2. The Kier molecular flexibility index (Phi) is 2.32. The maximum atomic E-state index is 11.1. The first-order chi connectivity index (χ1) is 6.75. The maximum absolute atomic E-state index is 11.1. The average molecular weight is 206 g/mol. The van der Waals surface area contributed by atoms with Crippen molar-refractivity contribution in [1.29, 1.82) is 0 Å². The number of imide groups is 1. The Morgan fingerprint density at radius 2 is 2.29 bits per heavy atom. The molecule has 0 radical (unpaired) electrons. The van der Waals surface area contributed by atoms with Gasteiger partial charge in [-0.15, -0.1) is 0 Å². The van der Waals surface area contributed by atoms with E-state index in [2.05, 4.69) is 10.3 Å². The smallest absolute Gasteiger partial charge is 0.282 e. The molecule has 0 aromatic carbocycles. The Hall–Kier alpha value is -1.62. The van der Waals surface area contributed by atoms with Gasteiger partial charge in [-0.1, -0.05) is 6.07 Å². The zero-order valence-corrected chi connectivity index (χ0v) is 7.88. The summed E-state index contributed by atoms with van der Waals surface area (Å²) in [4.78, 5) is 26.3. The molecule has 0 atom stereocenters. The highest BCUT2D eigenvalue weighted by Gasteiger charge is 2.24. The number of aromatic nitrogens is 1. The number of carbonyl (C=O) groups is 2. The summed E-state index contributed by atoms with van der Waals surface area (Å²) in [7, 11) is 0. The van der Waals surface area contributed by atoms with Crippen LogP contribution in [0.4, 0.5) is 4.79 Å². The highest BCUT2D eigenvalue weighted by molar-refractivity contribution is 8.18. The Balaban J connectivity index is 2.28. The lowest BCUT2D eigenvalue weighted by atomic mass is 10.2. The van der Waals surface area contributed by atoms with Crippen LogP contribution >= 0.6 is 11.8 Å². The van der Waals surface area contributed by atoms with Gasteiger partial charge in [0, 0.05) is 12.4 Å². The highest BCUT2D eigenvalue weighted by atomic mass is 32.2. The number of rotatable bonds is 1. The van der Waals surface area contributed by atoms with E-state index in [0.29, 0.717) is 4.91 Å². The van der Waals surface area contributed by atoms with Gasteiger partial charge in [0.15, 0.2) is 0 Å². The van der Waals surface area contributed by atoms with Gasteiger partial charge in [-0.25, -0.2) is 0 Å². The molecule has 0 spiro atoms. The Bertz CT molecular complexity index is 414. The van der Waals surface area contributed by atoms with E-state index in [-0.39, 0.29) is 11.1 Å². The summed E-state index contributed by atoms with van der Waals surface area (Å²) in [5.41, 5.74) is 0.805. The third-order valence-electron chi connectivity index (χ3n) is 1.62. The van der Waals surface area contributed by atoms with Gasteiger partial charge in [-0.2, -0.15) is 0 Å². The summed E-state index contributed by atoms with van der Waals surface area (Å²) in [6, 6.07) is 3.59. The van der Waals surface area contributed by atoms with Crippen LogP contribution < -0.4 is 5.32 Å². The van der Waals surface area contributed by atoms with Crippen LogP contribution in [0.5, 0.6) is 0 Å². The SMILES string of the molecule is O=C1NC(=O)/C(=C/c2cccnc2)S1. The minimum Gasteiger partial charge on any atom is -0.282 e. The van der Waals surface area contributed by atoms with E-state index in [1.165, 1.54) is 0 Å². The summed E-state index contributed by atoms with van der Waals surface area (Å²) in [6.45, 7) is 0. The molecule has 1 aliphatic heterocycles. The van der Waals surface area contributed by atoms with Gasteiger partial charge in [0.05, 0.1) is 4.91 Å². The third-order valence-corrected chi connectivity index (χ3v) is 2.43. The molecule has 1 saturated heterocycles. The Labute approximate surface area is 84.4 Å². The fourth-order valence-electron chi connectivity index (χ4n) is 1.03. The highest BCUT2D eigenvalue weighted by Crippen LogP contribution is 2.24. The lowest BCUT2D eigenvalue weighted by Crippen LogP contribution is -2.17. The predicted octanol–water partition coefficient (Wildman–Crippen LogP) is 1.41. The second-order valence-corrected chi connectivity index (χ2v) is 3.65. The van der Waals surface area contributed by atoms with Crippen molar-refractivity contribution in [2.75, 3.05) is 0 Å². The standard InChI is InChI=1S/C9H6N2O2S/c12-8-7(14-9(13)11-8)4-6-2-1-3-10-5-6/h1-5H,(H,11,12,13)/b7-4-. The first-order valence-electron chi connectivity index (χ1n) is 3.90. The van der Waals surface area contributed by atoms with E-state index < -0.39 is 0 Å². The van der Waals surface area contributed by atoms with E-state index in [1.807, 2.05) is 6.07 Å². The molecule has 1 N–H and O–H groups in total. The summed E-state index contributed by atoms with van der Waals surface area (Å²) in [6.07, 6.45) is 4.91. The summed E-state index contributed by atoms with van der Waals surface area (Å²) >= 11 is 0.902. The lowest BCUT2D eigenvalue weighted by Gasteiger charge is -1.92. The van der Waals surface area contributed by atoms with Gasteiger partial charge >= 0.3 is 0 Å². The average Bonchev–Trinajstić information content (AvgIpc) is 2.47. The first-order valence-corrected chi connectivity index (χ1v) is 4.72. The van der Waals surface area contributed by atoms with Gasteiger partial charge in [0.1, 0.15) is 0 Å². The molecule has 0 saturated carbocycles. The quantitative estimate of drug-likeness (QED) is 0.706. The van der Waals surface area contributed by atoms with Crippen LogP contribution in [0.1, 0.15) is 5.56 Å². The van der Waals surface area contributed by atoms with Crippen LogP contribution in [-0.4, -0.2) is 16.1 Å². The number of nitrogens with one attached hydrogen (secondary N) is 1. The summed E-state index contributed by atoms with van der Waals surface area (Å²) in [5, 5.41) is 1.85. The fraction of sp³-hybridized carbons (Fsp3) is 0. The molecule has 0 unspecified atom stereocenters. The van der Waals surface area contributed by atoms with Crippen molar-refractivity contribution in [3.63, 3.8) is 0 Å². The Morgan fingerprint density at radius 3 is 2.86 bits per heavy atom. The molecule has 5 heteroatoms. The predicted molar refractivity (Wildman–Crippen MR) is 53.3 cm³/mol. The van der Waals surface area contributed by atoms with Crippen molar-refractivity contribution < 1.29 is 9.59 Å². The van der Waals surface area contributed by atoms with Crippen molar-refractivity contribution in [1.82, 2.24) is 10.3 Å². The van der Waals surface area contributed by atoms with Gasteiger partial charge in [-0.3, -0.25) is 19.9 Å². The van der Waals surface area contributed by atoms with E-state index in [4.69, 9.17) is 0 Å². The third kappa shape index (κ3) is 1.82. The number of carbonyl (C=O) groups excluding carboxylic acids is 2. The molecule has 2 rings (SSSR count). The number of pyridine rings is 1. The molecular weight excluding hydrogens is 200 g/mol. The normalized spacial score (nSPS) is 18.7. The second-order valence-electron chi connectivity index (χ2n) is 2.64. The number of thioether (sulfide) groups is 1. The maximum Gasteiger partial charge on any atom is 0.290 e. The van der Waals surface area contributed by atoms with Crippen LogP contribution in [-0.2, 0) is 4.79 Å². The molecule has 1 aromatic rings. The van der Waals surface area contributed by atoms with Crippen LogP contribution in [0, 0.1) is 0 Å². The number of hydrogen-bond donors (Lipinski definition) is 1. The van der Waals surface area contributed by atoms with Crippen LogP contribution in [0.15, 0.2) is 29.4 Å². The van der Waals surface area contributed by atoms with Crippen molar-refractivity contribution in [2.24, 2.45) is 0 Å². The van der Waals surface area contributed by atoms with Crippen LogP contribution in [0.3, 0.4) is 0 Å². The lowest BCUT2D eigenvalue weighted by molar-refractivity contribution is -0.115. The van der Waals surface area contributed by atoms with E-state index in [0.717, 1.165) is 17.3 Å². The fourth-order valence-corrected chi connectivity index (χ4v) is 1.72. The van der Waals surface area contributed by atoms with Gasteiger partial charge < -0.3 is 0 Å². The molecule has 14 heavy (non-hydrogen) atoms. The molecule has 1 fully saturated rings. The zero-order valence-electron chi connectivity index (χ0n) is 7.06. The molecule has 2 heterocycles. The van der Waals surface area contributed by atoms with Crippen molar-refractivity contribution in [3.05, 3.63) is 35.0 Å². The zero-order chi connectivity index (χ0) is 9.97. The van der Waals surface area contributed by atoms with E-state index >= 15 is 0 Å². The topological polar surface area (TPSA) is 59.1 Å². The van der Waals surface area contributed by atoms with Gasteiger partial charge in [0.2, 0.25) is 0 Å². The Morgan fingerprint density at radius 1 is 1.43 bits per heavy atom. The van der Waals surface area contributed by atoms with E-state index in [9.17, 15) is 9.59 Å². The number of nitrogens with zero attached hydrogens (tertiary/aromatic N) is 1. The van der Waals surface area contributed by atoms with Crippen molar-refractivity contribution in [2.45, 2.75) is 0 Å². The minimum absolute atomic E-state index is 0.329. The molecular formula is C9H6N2O2S. The van der Waals surface area contributed by atoms with Crippen LogP contribution in [0.2, 0.25) is 0 Å². The first kappa shape index (κ1) is 8.96. The van der Waals surface area contributed by atoms with Crippen molar-refractivity contribution >= 4 is 29.0 Å². The molecule has 2 amide bonds. The van der Waals surface area contributed by atoms with Crippen molar-refractivity contribution in [3.8, 4) is 0 Å². The number of hydrogen-bond acceptors (Lipinski definition) is 4. The van der Waals surface area contributed by atoms with Crippen LogP contribution in [0.25, 0.3) is 6.08 Å². The molecule has 70 valence electrons.